The predicted octanol–water partition coefficient (Wildman–Crippen LogP) is 6.59. The van der Waals surface area contributed by atoms with Crippen molar-refractivity contribution in [3.05, 3.63) is 94.3 Å². The largest absolute Gasteiger partial charge is 0.493 e. The van der Waals surface area contributed by atoms with Gasteiger partial charge in [0.2, 0.25) is 5.91 Å². The summed E-state index contributed by atoms with van der Waals surface area (Å²) in [6, 6.07) is 17.8. The zero-order chi connectivity index (χ0) is 33.9. The molecule has 0 spiro atoms. The Morgan fingerprint density at radius 3 is 2.52 bits per heavy atom. The van der Waals surface area contributed by atoms with E-state index in [0.717, 1.165) is 54.5 Å². The summed E-state index contributed by atoms with van der Waals surface area (Å²) < 4.78 is 20.1. The van der Waals surface area contributed by atoms with Gasteiger partial charge < -0.3 is 19.6 Å². The average molecular weight is 656 g/mol. The SMILES string of the molecule is CCCC(CCC)N(C(=O)CN1CC(c2ccc3c(c2)CCO3)C(C(=O)O)C1CCN1Cc2ccccc2C1=O)c1ccc(F)c(C)c1. The van der Waals surface area contributed by atoms with Gasteiger partial charge in [-0.25, -0.2) is 4.39 Å². The van der Waals surface area contributed by atoms with Crippen LogP contribution >= 0.6 is 0 Å². The van der Waals surface area contributed by atoms with Crippen LogP contribution in [-0.4, -0.2) is 71.0 Å². The molecule has 0 bridgehead atoms. The number of hydrogen-bond donors (Lipinski definition) is 1. The van der Waals surface area contributed by atoms with Crippen LogP contribution in [0.5, 0.6) is 5.75 Å². The van der Waals surface area contributed by atoms with Gasteiger partial charge >= 0.3 is 5.97 Å². The highest BCUT2D eigenvalue weighted by molar-refractivity contribution is 5.98. The molecule has 1 saturated heterocycles. The van der Waals surface area contributed by atoms with Gasteiger partial charge in [0.1, 0.15) is 11.6 Å². The molecule has 48 heavy (non-hydrogen) atoms. The first kappa shape index (κ1) is 33.7. The first-order chi connectivity index (χ1) is 23.2. The molecule has 0 aliphatic carbocycles. The fraction of sp³-hybridized carbons (Fsp3) is 0.462. The summed E-state index contributed by atoms with van der Waals surface area (Å²) in [6.07, 6.45) is 4.57. The Morgan fingerprint density at radius 2 is 1.81 bits per heavy atom. The number of anilines is 1. The topological polar surface area (TPSA) is 90.4 Å². The van der Waals surface area contributed by atoms with E-state index in [-0.39, 0.29) is 36.1 Å². The van der Waals surface area contributed by atoms with Crippen LogP contribution in [0.4, 0.5) is 10.1 Å². The van der Waals surface area contributed by atoms with Crippen molar-refractivity contribution in [1.29, 1.82) is 0 Å². The van der Waals surface area contributed by atoms with E-state index in [0.29, 0.717) is 49.5 Å². The predicted molar refractivity (Wildman–Crippen MR) is 183 cm³/mol. The van der Waals surface area contributed by atoms with Gasteiger partial charge in [-0.1, -0.05) is 57.0 Å². The third-order valence-corrected chi connectivity index (χ3v) is 10.4. The number of ether oxygens (including phenoxy) is 1. The maximum absolute atomic E-state index is 14.5. The van der Waals surface area contributed by atoms with Crippen LogP contribution in [0.15, 0.2) is 60.7 Å². The van der Waals surface area contributed by atoms with Crippen LogP contribution in [0.1, 0.15) is 84.5 Å². The van der Waals surface area contributed by atoms with Crippen molar-refractivity contribution in [3.8, 4) is 5.75 Å². The fourth-order valence-corrected chi connectivity index (χ4v) is 8.07. The molecule has 0 radical (unpaired) electrons. The number of rotatable bonds is 13. The molecule has 3 unspecified atom stereocenters. The van der Waals surface area contributed by atoms with Gasteiger partial charge in [-0.05, 0) is 78.8 Å². The third-order valence-electron chi connectivity index (χ3n) is 10.4. The normalized spacial score (nSPS) is 20.2. The minimum absolute atomic E-state index is 0.0214. The highest BCUT2D eigenvalue weighted by atomic mass is 19.1. The summed E-state index contributed by atoms with van der Waals surface area (Å²) in [5.41, 5.74) is 4.79. The number of benzene rings is 3. The minimum Gasteiger partial charge on any atom is -0.493 e. The van der Waals surface area contributed by atoms with E-state index >= 15 is 0 Å². The average Bonchev–Trinajstić information content (AvgIpc) is 3.77. The molecule has 2 amide bonds. The maximum atomic E-state index is 14.5. The van der Waals surface area contributed by atoms with Crippen LogP contribution in [0.2, 0.25) is 0 Å². The van der Waals surface area contributed by atoms with Gasteiger partial charge in [0, 0.05) is 55.3 Å². The third kappa shape index (κ3) is 6.70. The number of aryl methyl sites for hydroxylation is 1. The molecule has 3 aliphatic heterocycles. The van der Waals surface area contributed by atoms with Gasteiger partial charge in [-0.15, -0.1) is 0 Å². The van der Waals surface area contributed by atoms with E-state index in [1.165, 1.54) is 6.07 Å². The lowest BCUT2D eigenvalue weighted by Crippen LogP contribution is -2.48. The van der Waals surface area contributed by atoms with E-state index < -0.39 is 17.9 Å². The van der Waals surface area contributed by atoms with Crippen LogP contribution in [0, 0.1) is 18.7 Å². The van der Waals surface area contributed by atoms with E-state index in [2.05, 4.69) is 19.9 Å². The lowest BCUT2D eigenvalue weighted by molar-refractivity contribution is -0.143. The Balaban J connectivity index is 1.32. The number of carboxylic acids is 1. The number of aliphatic carboxylic acids is 1. The quantitative estimate of drug-likeness (QED) is 0.224. The Morgan fingerprint density at radius 1 is 1.04 bits per heavy atom. The number of likely N-dealkylation sites (tertiary alicyclic amines) is 1. The molecule has 3 aliphatic rings. The number of amides is 2. The second kappa shape index (κ2) is 14.5. The van der Waals surface area contributed by atoms with E-state index in [1.807, 2.05) is 46.2 Å². The zero-order valence-electron chi connectivity index (χ0n) is 28.2. The molecule has 3 aromatic rings. The molecule has 254 valence electrons. The molecule has 9 heteroatoms. The van der Waals surface area contributed by atoms with E-state index in [9.17, 15) is 23.9 Å². The van der Waals surface area contributed by atoms with Gasteiger partial charge in [-0.3, -0.25) is 19.3 Å². The van der Waals surface area contributed by atoms with Crippen molar-refractivity contribution in [2.24, 2.45) is 5.92 Å². The van der Waals surface area contributed by atoms with E-state index in [1.54, 1.807) is 24.0 Å². The summed E-state index contributed by atoms with van der Waals surface area (Å²) in [7, 11) is 0. The summed E-state index contributed by atoms with van der Waals surface area (Å²) >= 11 is 0. The first-order valence-corrected chi connectivity index (χ1v) is 17.4. The first-order valence-electron chi connectivity index (χ1n) is 17.4. The molecule has 8 nitrogen and oxygen atoms in total. The number of halogens is 1. The number of carbonyl (C=O) groups excluding carboxylic acids is 2. The Bertz CT molecular complexity index is 1670. The lowest BCUT2D eigenvalue weighted by Gasteiger charge is -2.35. The van der Waals surface area contributed by atoms with Crippen molar-refractivity contribution in [3.63, 3.8) is 0 Å². The number of hydrogen-bond acceptors (Lipinski definition) is 5. The molecular formula is C39H46FN3O5. The van der Waals surface area contributed by atoms with Crippen LogP contribution < -0.4 is 9.64 Å². The molecule has 3 heterocycles. The minimum atomic E-state index is -0.909. The number of carbonyl (C=O) groups is 3. The Hall–Kier alpha value is -4.24. The summed E-state index contributed by atoms with van der Waals surface area (Å²) in [6.45, 7) is 7.79. The van der Waals surface area contributed by atoms with Gasteiger partial charge in [0.05, 0.1) is 19.1 Å². The van der Waals surface area contributed by atoms with Gasteiger partial charge in [0.15, 0.2) is 0 Å². The second-order valence-electron chi connectivity index (χ2n) is 13.5. The van der Waals surface area contributed by atoms with Crippen molar-refractivity contribution in [2.75, 3.05) is 31.1 Å². The number of nitrogens with zero attached hydrogens (tertiary/aromatic N) is 3. The number of fused-ring (bicyclic) bond motifs is 2. The molecular weight excluding hydrogens is 609 g/mol. The maximum Gasteiger partial charge on any atom is 0.308 e. The smallest absolute Gasteiger partial charge is 0.308 e. The van der Waals surface area contributed by atoms with Gasteiger partial charge in [0.25, 0.3) is 5.91 Å². The lowest BCUT2D eigenvalue weighted by atomic mass is 9.83. The molecule has 1 fully saturated rings. The van der Waals surface area contributed by atoms with Crippen LogP contribution in [0.3, 0.4) is 0 Å². The fourth-order valence-electron chi connectivity index (χ4n) is 8.07. The van der Waals surface area contributed by atoms with Crippen molar-refractivity contribution in [2.45, 2.75) is 83.8 Å². The molecule has 3 atom stereocenters. The zero-order valence-corrected chi connectivity index (χ0v) is 28.2. The molecule has 3 aromatic carbocycles. The molecule has 0 saturated carbocycles. The summed E-state index contributed by atoms with van der Waals surface area (Å²) in [5, 5.41) is 10.8. The second-order valence-corrected chi connectivity index (χ2v) is 13.5. The highest BCUT2D eigenvalue weighted by Crippen LogP contribution is 2.41. The Kier molecular flexibility index (Phi) is 10.2. The molecule has 1 N–H and O–H groups in total. The standard InChI is InChI=1S/C39H46FN3O5/c1-4-8-29(9-5-2)43(30-13-14-33(40)25(3)20-30)36(44)24-42-23-32(26-12-15-35-27(21-26)17-19-48-35)37(39(46)47)34(42)16-18-41-22-28-10-6-7-11-31(28)38(41)45/h6-7,10-15,20-21,29,32,34,37H,4-5,8-9,16-19,22-24H2,1-3H3,(H,46,47). The monoisotopic (exact) mass is 655 g/mol. The summed E-state index contributed by atoms with van der Waals surface area (Å²) in [5.74, 6) is -1.69. The molecule has 6 rings (SSSR count). The van der Waals surface area contributed by atoms with Crippen molar-refractivity contribution >= 4 is 23.5 Å². The molecule has 0 aromatic heterocycles. The highest BCUT2D eigenvalue weighted by Gasteiger charge is 2.48. The van der Waals surface area contributed by atoms with Gasteiger partial charge in [-0.2, -0.15) is 0 Å². The van der Waals surface area contributed by atoms with Crippen molar-refractivity contribution < 1.29 is 28.6 Å². The van der Waals surface area contributed by atoms with Crippen LogP contribution in [-0.2, 0) is 22.6 Å². The van der Waals surface area contributed by atoms with E-state index in [4.69, 9.17) is 4.74 Å². The van der Waals surface area contributed by atoms with Crippen molar-refractivity contribution in [1.82, 2.24) is 9.80 Å². The summed E-state index contributed by atoms with van der Waals surface area (Å²) in [4.78, 5) is 46.6. The number of carboxylic acid groups (broad SMARTS) is 1. The van der Waals surface area contributed by atoms with Crippen LogP contribution in [0.25, 0.3) is 0 Å². The Labute approximate surface area is 282 Å².